The second-order valence-electron chi connectivity index (χ2n) is 4.05. The monoisotopic (exact) mass is 216 g/mol. The molecule has 0 saturated heterocycles. The molecule has 15 heavy (non-hydrogen) atoms. The Hall–Kier alpha value is -0.570. The first kappa shape index (κ1) is 14.4. The lowest BCUT2D eigenvalue weighted by Crippen LogP contribution is -2.14. The highest BCUT2D eigenvalue weighted by Crippen LogP contribution is 2.06. The third-order valence-electron chi connectivity index (χ3n) is 2.36. The zero-order valence-corrected chi connectivity index (χ0v) is 10.00. The molecule has 0 amide bonds. The van der Waals surface area contributed by atoms with Gasteiger partial charge in [0.15, 0.2) is 0 Å². The third kappa shape index (κ3) is 11.4. The Morgan fingerprint density at radius 2 is 1.80 bits per heavy atom. The van der Waals surface area contributed by atoms with Gasteiger partial charge in [-0.2, -0.15) is 0 Å². The lowest BCUT2D eigenvalue weighted by Gasteiger charge is -2.10. The van der Waals surface area contributed by atoms with Gasteiger partial charge in [-0.25, -0.2) is 0 Å². The zero-order valence-electron chi connectivity index (χ0n) is 10.00. The van der Waals surface area contributed by atoms with Crippen LogP contribution in [0, 0.1) is 0 Å². The van der Waals surface area contributed by atoms with E-state index in [2.05, 4.69) is 6.92 Å². The van der Waals surface area contributed by atoms with Gasteiger partial charge in [0, 0.05) is 6.61 Å². The van der Waals surface area contributed by atoms with Crippen molar-refractivity contribution in [1.82, 2.24) is 0 Å². The molecule has 1 N–H and O–H groups in total. The lowest BCUT2D eigenvalue weighted by molar-refractivity contribution is -0.139. The molecule has 0 aromatic heterocycles. The van der Waals surface area contributed by atoms with Crippen molar-refractivity contribution in [3.63, 3.8) is 0 Å². The Morgan fingerprint density at radius 3 is 2.40 bits per heavy atom. The molecule has 1 atom stereocenters. The molecule has 0 fully saturated rings. The highest BCUT2D eigenvalue weighted by Gasteiger charge is 2.06. The second-order valence-corrected chi connectivity index (χ2v) is 4.05. The number of ether oxygens (including phenoxy) is 1. The fraction of sp³-hybridized carbons (Fsp3) is 0.917. The first-order valence-electron chi connectivity index (χ1n) is 6.00. The molecule has 1 unspecified atom stereocenters. The minimum absolute atomic E-state index is 0.107. The molecule has 0 bridgehead atoms. The van der Waals surface area contributed by atoms with Crippen molar-refractivity contribution < 1.29 is 14.6 Å². The molecular weight excluding hydrogens is 192 g/mol. The summed E-state index contributed by atoms with van der Waals surface area (Å²) in [7, 11) is 0. The first-order valence-corrected chi connectivity index (χ1v) is 6.00. The van der Waals surface area contributed by atoms with Crippen LogP contribution in [0.25, 0.3) is 0 Å². The molecule has 0 aromatic carbocycles. The predicted molar refractivity (Wildman–Crippen MR) is 61.0 cm³/mol. The first-order chi connectivity index (χ1) is 7.16. The van der Waals surface area contributed by atoms with Crippen LogP contribution in [0.3, 0.4) is 0 Å². The highest BCUT2D eigenvalue weighted by molar-refractivity contribution is 5.67. The maximum atomic E-state index is 10.3. The summed E-state index contributed by atoms with van der Waals surface area (Å²) in [5.41, 5.74) is 0. The Balaban J connectivity index is 3.13. The molecule has 3 nitrogen and oxygen atoms in total. The van der Waals surface area contributed by atoms with Crippen LogP contribution in [0.5, 0.6) is 0 Å². The van der Waals surface area contributed by atoms with Gasteiger partial charge in [0.25, 0.3) is 0 Å². The quantitative estimate of drug-likeness (QED) is 0.570. The number of carboxylic acids is 1. The Bertz CT molecular complexity index is 157. The third-order valence-corrected chi connectivity index (χ3v) is 2.36. The van der Waals surface area contributed by atoms with Gasteiger partial charge in [-0.05, 0) is 13.3 Å². The van der Waals surface area contributed by atoms with Crippen LogP contribution in [0.1, 0.15) is 58.8 Å². The van der Waals surface area contributed by atoms with Crippen LogP contribution in [-0.2, 0) is 9.53 Å². The fourth-order valence-corrected chi connectivity index (χ4v) is 1.47. The minimum atomic E-state index is -0.787. The fourth-order valence-electron chi connectivity index (χ4n) is 1.47. The van der Waals surface area contributed by atoms with Crippen molar-refractivity contribution in [2.75, 3.05) is 6.61 Å². The summed E-state index contributed by atoms with van der Waals surface area (Å²) in [5.74, 6) is -0.787. The number of rotatable bonds is 10. The summed E-state index contributed by atoms with van der Waals surface area (Å²) in [6, 6.07) is 0. The lowest BCUT2D eigenvalue weighted by atomic mass is 10.1. The van der Waals surface area contributed by atoms with Crippen molar-refractivity contribution in [2.45, 2.75) is 64.9 Å². The van der Waals surface area contributed by atoms with E-state index in [1.54, 1.807) is 0 Å². The van der Waals surface area contributed by atoms with E-state index in [0.717, 1.165) is 6.42 Å². The molecular formula is C12H24O3. The molecule has 90 valence electrons. The van der Waals surface area contributed by atoms with Gasteiger partial charge >= 0.3 is 5.97 Å². The number of carboxylic acid groups (broad SMARTS) is 1. The molecule has 3 heteroatoms. The standard InChI is InChI=1S/C12H24O3/c1-3-4-5-6-7-8-9-15-11(2)10-12(13)14/h11H,3-10H2,1-2H3,(H,13,14). The van der Waals surface area contributed by atoms with E-state index in [1.165, 1.54) is 32.1 Å². The van der Waals surface area contributed by atoms with Gasteiger partial charge < -0.3 is 9.84 Å². The number of unbranched alkanes of at least 4 members (excludes halogenated alkanes) is 5. The summed E-state index contributed by atoms with van der Waals surface area (Å²) in [4.78, 5) is 10.3. The molecule has 0 heterocycles. The minimum Gasteiger partial charge on any atom is -0.481 e. The van der Waals surface area contributed by atoms with Crippen LogP contribution in [0.2, 0.25) is 0 Å². The number of hydrogen-bond acceptors (Lipinski definition) is 2. The van der Waals surface area contributed by atoms with Crippen molar-refractivity contribution in [1.29, 1.82) is 0 Å². The van der Waals surface area contributed by atoms with Crippen LogP contribution < -0.4 is 0 Å². The van der Waals surface area contributed by atoms with E-state index < -0.39 is 5.97 Å². The highest BCUT2D eigenvalue weighted by atomic mass is 16.5. The molecule has 0 aliphatic carbocycles. The van der Waals surface area contributed by atoms with Crippen molar-refractivity contribution in [3.8, 4) is 0 Å². The van der Waals surface area contributed by atoms with Gasteiger partial charge in [0.1, 0.15) is 0 Å². The van der Waals surface area contributed by atoms with Crippen molar-refractivity contribution >= 4 is 5.97 Å². The molecule has 0 rings (SSSR count). The van der Waals surface area contributed by atoms with Gasteiger partial charge in [-0.3, -0.25) is 4.79 Å². The Morgan fingerprint density at radius 1 is 1.20 bits per heavy atom. The average Bonchev–Trinajstić information content (AvgIpc) is 2.15. The van der Waals surface area contributed by atoms with Gasteiger partial charge in [0.2, 0.25) is 0 Å². The predicted octanol–water partition coefficient (Wildman–Crippen LogP) is 3.23. The van der Waals surface area contributed by atoms with E-state index in [0.29, 0.717) is 6.61 Å². The largest absolute Gasteiger partial charge is 0.481 e. The summed E-state index contributed by atoms with van der Waals surface area (Å²) in [6.07, 6.45) is 7.36. The Labute approximate surface area is 92.8 Å². The molecule has 0 aromatic rings. The number of carbonyl (C=O) groups is 1. The normalized spacial score (nSPS) is 12.7. The molecule has 0 radical (unpaired) electrons. The maximum absolute atomic E-state index is 10.3. The van der Waals surface area contributed by atoms with Crippen molar-refractivity contribution in [2.24, 2.45) is 0 Å². The smallest absolute Gasteiger partial charge is 0.305 e. The van der Waals surface area contributed by atoms with E-state index in [-0.39, 0.29) is 12.5 Å². The molecule has 0 aliphatic heterocycles. The van der Waals surface area contributed by atoms with Gasteiger partial charge in [-0.1, -0.05) is 39.0 Å². The SMILES string of the molecule is CCCCCCCCOC(C)CC(=O)O. The zero-order chi connectivity index (χ0) is 11.5. The topological polar surface area (TPSA) is 46.5 Å². The van der Waals surface area contributed by atoms with E-state index in [1.807, 2.05) is 6.92 Å². The maximum Gasteiger partial charge on any atom is 0.305 e. The molecule has 0 spiro atoms. The van der Waals surface area contributed by atoms with Crippen LogP contribution in [-0.4, -0.2) is 23.8 Å². The summed E-state index contributed by atoms with van der Waals surface area (Å²) < 4.78 is 5.38. The average molecular weight is 216 g/mol. The van der Waals surface area contributed by atoms with E-state index >= 15 is 0 Å². The number of hydrogen-bond donors (Lipinski definition) is 1. The van der Waals surface area contributed by atoms with E-state index in [9.17, 15) is 4.79 Å². The summed E-state index contributed by atoms with van der Waals surface area (Å²) in [6.45, 7) is 4.71. The van der Waals surface area contributed by atoms with Crippen molar-refractivity contribution in [3.05, 3.63) is 0 Å². The summed E-state index contributed by atoms with van der Waals surface area (Å²) in [5, 5.41) is 8.50. The molecule has 0 aliphatic rings. The number of aliphatic carboxylic acids is 1. The summed E-state index contributed by atoms with van der Waals surface area (Å²) >= 11 is 0. The van der Waals surface area contributed by atoms with Crippen LogP contribution in [0.4, 0.5) is 0 Å². The van der Waals surface area contributed by atoms with Crippen LogP contribution in [0.15, 0.2) is 0 Å². The second kappa shape index (κ2) is 9.97. The van der Waals surface area contributed by atoms with Gasteiger partial charge in [-0.15, -0.1) is 0 Å². The van der Waals surface area contributed by atoms with Crippen LogP contribution >= 0.6 is 0 Å². The molecule has 0 saturated carbocycles. The Kier molecular flexibility index (Phi) is 9.59. The van der Waals surface area contributed by atoms with Gasteiger partial charge in [0.05, 0.1) is 12.5 Å². The van der Waals surface area contributed by atoms with E-state index in [4.69, 9.17) is 9.84 Å².